The summed E-state index contributed by atoms with van der Waals surface area (Å²) in [5.74, 6) is 0. The zero-order valence-electron chi connectivity index (χ0n) is 10.5. The Morgan fingerprint density at radius 3 is 3.05 bits per heavy atom. The molecular formula is C14H14ClN3S. The number of thiazole rings is 1. The number of hydrogen-bond acceptors (Lipinski definition) is 3. The summed E-state index contributed by atoms with van der Waals surface area (Å²) in [4.78, 5) is 5.57. The van der Waals surface area contributed by atoms with Gasteiger partial charge in [0.2, 0.25) is 0 Å². The highest BCUT2D eigenvalue weighted by molar-refractivity contribution is 7.15. The van der Waals surface area contributed by atoms with Crippen molar-refractivity contribution in [3.8, 4) is 0 Å². The first kappa shape index (κ1) is 12.7. The van der Waals surface area contributed by atoms with Gasteiger partial charge < -0.3 is 5.73 Å². The Kier molecular flexibility index (Phi) is 3.09. The van der Waals surface area contributed by atoms with E-state index in [1.165, 1.54) is 0 Å². The molecule has 1 aromatic carbocycles. The molecule has 0 spiro atoms. The van der Waals surface area contributed by atoms with Crippen LogP contribution in [0.5, 0.6) is 0 Å². The maximum Gasteiger partial charge on any atom is 0.193 e. The van der Waals surface area contributed by atoms with Gasteiger partial charge in [0.1, 0.15) is 0 Å². The molecule has 2 heterocycles. The Labute approximate surface area is 120 Å². The summed E-state index contributed by atoms with van der Waals surface area (Å²) in [7, 11) is 0. The van der Waals surface area contributed by atoms with Crippen molar-refractivity contribution in [3.05, 3.63) is 58.3 Å². The van der Waals surface area contributed by atoms with Crippen molar-refractivity contribution < 1.29 is 0 Å². The van der Waals surface area contributed by atoms with Crippen molar-refractivity contribution in [2.45, 2.75) is 18.9 Å². The predicted molar refractivity (Wildman–Crippen MR) is 79.8 cm³/mol. The molecule has 1 unspecified atom stereocenters. The number of hydrogen-bond donors (Lipinski definition) is 1. The van der Waals surface area contributed by atoms with Gasteiger partial charge >= 0.3 is 0 Å². The zero-order chi connectivity index (χ0) is 13.5. The number of fused-ring (bicyclic) bond motifs is 1. The average Bonchev–Trinajstić information content (AvgIpc) is 2.89. The van der Waals surface area contributed by atoms with Crippen molar-refractivity contribution in [1.29, 1.82) is 0 Å². The standard InChI is InChI=1S/C14H14ClN3S/c1-14(16,10-3-2-4-11(15)7-10)8-12-9-18-5-6-19-13(18)17-12/h2-7,9H,8,16H2,1H3. The largest absolute Gasteiger partial charge is 0.321 e. The van der Waals surface area contributed by atoms with E-state index < -0.39 is 5.54 Å². The van der Waals surface area contributed by atoms with Crippen LogP contribution in [0, 0.1) is 0 Å². The summed E-state index contributed by atoms with van der Waals surface area (Å²) in [6, 6.07) is 7.70. The molecule has 0 fully saturated rings. The van der Waals surface area contributed by atoms with E-state index in [4.69, 9.17) is 17.3 Å². The molecule has 3 aromatic rings. The summed E-state index contributed by atoms with van der Waals surface area (Å²) < 4.78 is 2.02. The maximum absolute atomic E-state index is 6.43. The number of halogens is 1. The Balaban J connectivity index is 1.90. The summed E-state index contributed by atoms with van der Waals surface area (Å²) >= 11 is 7.65. The molecule has 0 amide bonds. The van der Waals surface area contributed by atoms with Crippen LogP contribution in [-0.4, -0.2) is 9.38 Å². The van der Waals surface area contributed by atoms with Crippen LogP contribution in [0.15, 0.2) is 42.0 Å². The topological polar surface area (TPSA) is 43.3 Å². The Bertz CT molecular complexity index is 686. The average molecular weight is 292 g/mol. The van der Waals surface area contributed by atoms with Crippen molar-refractivity contribution >= 4 is 27.9 Å². The predicted octanol–water partition coefficient (Wildman–Crippen LogP) is 3.47. The molecule has 3 rings (SSSR count). The number of aromatic nitrogens is 2. The summed E-state index contributed by atoms with van der Waals surface area (Å²) in [5.41, 5.74) is 7.97. The lowest BCUT2D eigenvalue weighted by molar-refractivity contribution is 0.486. The van der Waals surface area contributed by atoms with Crippen molar-refractivity contribution in [2.24, 2.45) is 5.73 Å². The number of nitrogens with two attached hydrogens (primary N) is 1. The smallest absolute Gasteiger partial charge is 0.193 e. The summed E-state index contributed by atoms with van der Waals surface area (Å²) in [5, 5.41) is 2.73. The molecule has 1 atom stereocenters. The second-order valence-electron chi connectivity index (χ2n) is 4.93. The molecule has 0 saturated heterocycles. The minimum atomic E-state index is -0.477. The Morgan fingerprint density at radius 2 is 2.32 bits per heavy atom. The molecule has 5 heteroatoms. The molecule has 3 nitrogen and oxygen atoms in total. The highest BCUT2D eigenvalue weighted by atomic mass is 35.5. The molecule has 0 radical (unpaired) electrons. The molecule has 0 aliphatic carbocycles. The normalized spacial score (nSPS) is 14.7. The fraction of sp³-hybridized carbons (Fsp3) is 0.214. The van der Waals surface area contributed by atoms with Gasteiger partial charge in [-0.05, 0) is 24.6 Å². The van der Waals surface area contributed by atoms with Crippen LogP contribution < -0.4 is 5.73 Å². The molecule has 0 bridgehead atoms. The molecule has 2 aromatic heterocycles. The van der Waals surface area contributed by atoms with Gasteiger partial charge in [0.15, 0.2) is 4.96 Å². The van der Waals surface area contributed by atoms with E-state index in [2.05, 4.69) is 4.98 Å². The molecule has 0 aliphatic heterocycles. The first-order chi connectivity index (χ1) is 9.04. The highest BCUT2D eigenvalue weighted by Gasteiger charge is 2.23. The lowest BCUT2D eigenvalue weighted by atomic mass is 9.89. The van der Waals surface area contributed by atoms with Gasteiger partial charge in [0, 0.05) is 34.8 Å². The number of rotatable bonds is 3. The second kappa shape index (κ2) is 4.63. The number of benzene rings is 1. The Hall–Kier alpha value is -1.36. The van der Waals surface area contributed by atoms with Crippen molar-refractivity contribution in [3.63, 3.8) is 0 Å². The van der Waals surface area contributed by atoms with E-state index in [-0.39, 0.29) is 0 Å². The minimum Gasteiger partial charge on any atom is -0.321 e. The van der Waals surface area contributed by atoms with E-state index >= 15 is 0 Å². The first-order valence-electron chi connectivity index (χ1n) is 6.01. The Morgan fingerprint density at radius 1 is 1.47 bits per heavy atom. The van der Waals surface area contributed by atoms with Crippen LogP contribution in [-0.2, 0) is 12.0 Å². The SMILES string of the molecule is CC(N)(Cc1cn2ccsc2n1)c1cccc(Cl)c1. The fourth-order valence-corrected chi connectivity index (χ4v) is 3.09. The van der Waals surface area contributed by atoms with Crippen molar-refractivity contribution in [2.75, 3.05) is 0 Å². The maximum atomic E-state index is 6.43. The quantitative estimate of drug-likeness (QED) is 0.803. The molecule has 2 N–H and O–H groups in total. The van der Waals surface area contributed by atoms with E-state index in [1.54, 1.807) is 11.3 Å². The van der Waals surface area contributed by atoms with Gasteiger partial charge in [0.25, 0.3) is 0 Å². The minimum absolute atomic E-state index is 0.477. The third-order valence-corrected chi connectivity index (χ3v) is 4.18. The van der Waals surface area contributed by atoms with Crippen LogP contribution in [0.2, 0.25) is 5.02 Å². The third-order valence-electron chi connectivity index (χ3n) is 3.18. The van der Waals surface area contributed by atoms with E-state index in [0.717, 1.165) is 16.2 Å². The van der Waals surface area contributed by atoms with Crippen molar-refractivity contribution in [1.82, 2.24) is 9.38 Å². The van der Waals surface area contributed by atoms with E-state index in [1.807, 2.05) is 53.4 Å². The lowest BCUT2D eigenvalue weighted by Gasteiger charge is -2.24. The van der Waals surface area contributed by atoms with E-state index in [0.29, 0.717) is 11.4 Å². The van der Waals surface area contributed by atoms with Gasteiger partial charge in [-0.3, -0.25) is 4.40 Å². The first-order valence-corrected chi connectivity index (χ1v) is 7.26. The van der Waals surface area contributed by atoms with Gasteiger partial charge in [-0.1, -0.05) is 23.7 Å². The molecule has 98 valence electrons. The third kappa shape index (κ3) is 2.52. The lowest BCUT2D eigenvalue weighted by Crippen LogP contribution is -2.35. The van der Waals surface area contributed by atoms with Gasteiger partial charge in [-0.15, -0.1) is 11.3 Å². The molecule has 0 saturated carbocycles. The highest BCUT2D eigenvalue weighted by Crippen LogP contribution is 2.25. The van der Waals surface area contributed by atoms with Crippen LogP contribution in [0.1, 0.15) is 18.2 Å². The van der Waals surface area contributed by atoms with Crippen LogP contribution in [0.25, 0.3) is 4.96 Å². The monoisotopic (exact) mass is 291 g/mol. The number of nitrogens with zero attached hydrogens (tertiary/aromatic N) is 2. The van der Waals surface area contributed by atoms with Crippen LogP contribution >= 0.6 is 22.9 Å². The molecule has 19 heavy (non-hydrogen) atoms. The van der Waals surface area contributed by atoms with Gasteiger partial charge in [-0.25, -0.2) is 4.98 Å². The van der Waals surface area contributed by atoms with E-state index in [9.17, 15) is 0 Å². The van der Waals surface area contributed by atoms with Crippen LogP contribution in [0.4, 0.5) is 0 Å². The zero-order valence-corrected chi connectivity index (χ0v) is 12.1. The summed E-state index contributed by atoms with van der Waals surface area (Å²) in [6.07, 6.45) is 4.72. The van der Waals surface area contributed by atoms with Gasteiger partial charge in [-0.2, -0.15) is 0 Å². The summed E-state index contributed by atoms with van der Waals surface area (Å²) in [6.45, 7) is 2.01. The van der Waals surface area contributed by atoms with Crippen LogP contribution in [0.3, 0.4) is 0 Å². The number of imidazole rings is 1. The molecule has 0 aliphatic rings. The fourth-order valence-electron chi connectivity index (χ4n) is 2.18. The molecular weight excluding hydrogens is 278 g/mol. The van der Waals surface area contributed by atoms with Gasteiger partial charge in [0.05, 0.1) is 5.69 Å². The second-order valence-corrected chi connectivity index (χ2v) is 6.24.